The van der Waals surface area contributed by atoms with Crippen molar-refractivity contribution >= 4 is 27.5 Å². The molecule has 2 atom stereocenters. The van der Waals surface area contributed by atoms with E-state index in [0.29, 0.717) is 5.75 Å². The third-order valence-electron chi connectivity index (χ3n) is 2.24. The number of amides is 1. The largest absolute Gasteiger partial charge is 0.387 e. The number of hydrogen-bond acceptors (Lipinski definition) is 6. The number of carbonyl (C=O) groups is 1. The van der Waals surface area contributed by atoms with Crippen LogP contribution in [0.15, 0.2) is 0 Å². The molecule has 0 saturated heterocycles. The van der Waals surface area contributed by atoms with E-state index in [2.05, 4.69) is 5.32 Å². The third kappa shape index (κ3) is 8.73. The third-order valence-corrected chi connectivity index (χ3v) is 4.12. The number of carbonyl (C=O) groups excluding carboxylic acids is 1. The van der Waals surface area contributed by atoms with Gasteiger partial charge in [0.1, 0.15) is 9.84 Å². The number of thioether (sulfide) groups is 1. The molecule has 0 aliphatic rings. The lowest BCUT2D eigenvalue weighted by atomic mass is 10.1. The number of nitrogens with two attached hydrogens (primary N) is 1. The van der Waals surface area contributed by atoms with Crippen LogP contribution in [0.5, 0.6) is 0 Å². The Kier molecular flexibility index (Phi) is 7.19. The summed E-state index contributed by atoms with van der Waals surface area (Å²) in [5.41, 5.74) is 4.57. The molecule has 0 fully saturated rings. The maximum absolute atomic E-state index is 11.6. The summed E-state index contributed by atoms with van der Waals surface area (Å²) in [6, 6.07) is -0.871. The molecule has 0 heterocycles. The number of sulfone groups is 1. The first-order valence-electron chi connectivity index (χ1n) is 5.50. The van der Waals surface area contributed by atoms with Crippen LogP contribution in [0.3, 0.4) is 0 Å². The van der Waals surface area contributed by atoms with Gasteiger partial charge in [-0.3, -0.25) is 4.79 Å². The van der Waals surface area contributed by atoms with Crippen molar-refractivity contribution in [2.24, 2.45) is 5.73 Å². The molecule has 0 aromatic carbocycles. The average molecular weight is 298 g/mol. The molecule has 0 saturated carbocycles. The van der Waals surface area contributed by atoms with Gasteiger partial charge in [0.2, 0.25) is 5.91 Å². The lowest BCUT2D eigenvalue weighted by molar-refractivity contribution is -0.123. The van der Waals surface area contributed by atoms with Crippen molar-refractivity contribution < 1.29 is 18.3 Å². The van der Waals surface area contributed by atoms with Crippen LogP contribution in [0, 0.1) is 0 Å². The SMILES string of the molecule is CSCC(C)(O)CNC(=O)C(N)CCS(C)(=O)=O. The zero-order valence-corrected chi connectivity index (χ0v) is 12.6. The molecule has 18 heavy (non-hydrogen) atoms. The zero-order valence-electron chi connectivity index (χ0n) is 11.0. The van der Waals surface area contributed by atoms with E-state index in [-0.39, 0.29) is 18.7 Å². The molecule has 0 rings (SSSR count). The summed E-state index contributed by atoms with van der Waals surface area (Å²) in [4.78, 5) is 11.6. The Hall–Kier alpha value is -0.310. The number of rotatable bonds is 8. The Labute approximate surface area is 113 Å². The van der Waals surface area contributed by atoms with E-state index < -0.39 is 27.4 Å². The summed E-state index contributed by atoms with van der Waals surface area (Å²) < 4.78 is 21.9. The van der Waals surface area contributed by atoms with E-state index >= 15 is 0 Å². The van der Waals surface area contributed by atoms with Gasteiger partial charge in [-0.1, -0.05) is 0 Å². The van der Waals surface area contributed by atoms with Crippen LogP contribution in [0.4, 0.5) is 0 Å². The minimum absolute atomic E-state index is 0.0787. The van der Waals surface area contributed by atoms with Gasteiger partial charge < -0.3 is 16.2 Å². The Morgan fingerprint density at radius 2 is 2.11 bits per heavy atom. The second-order valence-electron chi connectivity index (χ2n) is 4.67. The zero-order chi connectivity index (χ0) is 14.4. The first kappa shape index (κ1) is 17.7. The van der Waals surface area contributed by atoms with Crippen molar-refractivity contribution in [2.45, 2.75) is 25.0 Å². The minimum atomic E-state index is -3.12. The minimum Gasteiger partial charge on any atom is -0.387 e. The highest BCUT2D eigenvalue weighted by Gasteiger charge is 2.22. The second-order valence-corrected chi connectivity index (χ2v) is 7.80. The molecule has 0 radical (unpaired) electrons. The molecule has 108 valence electrons. The van der Waals surface area contributed by atoms with Crippen LogP contribution < -0.4 is 11.1 Å². The van der Waals surface area contributed by atoms with Crippen molar-refractivity contribution in [2.75, 3.05) is 30.6 Å². The lowest BCUT2D eigenvalue weighted by Gasteiger charge is -2.23. The molecule has 2 unspecified atom stereocenters. The van der Waals surface area contributed by atoms with Crippen molar-refractivity contribution in [3.05, 3.63) is 0 Å². The first-order chi connectivity index (χ1) is 8.07. The van der Waals surface area contributed by atoms with Gasteiger partial charge in [-0.05, 0) is 19.6 Å². The molecule has 8 heteroatoms. The van der Waals surface area contributed by atoms with Gasteiger partial charge >= 0.3 is 0 Å². The van der Waals surface area contributed by atoms with Gasteiger partial charge in [-0.15, -0.1) is 0 Å². The maximum Gasteiger partial charge on any atom is 0.237 e. The Bertz CT molecular complexity index is 368. The molecule has 0 bridgehead atoms. The fourth-order valence-electron chi connectivity index (χ4n) is 1.24. The molecule has 0 aliphatic heterocycles. The van der Waals surface area contributed by atoms with E-state index in [1.807, 2.05) is 6.26 Å². The van der Waals surface area contributed by atoms with Gasteiger partial charge in [0.25, 0.3) is 0 Å². The number of nitrogens with one attached hydrogen (secondary N) is 1. The summed E-state index contributed by atoms with van der Waals surface area (Å²) in [5, 5.41) is 12.4. The fraction of sp³-hybridized carbons (Fsp3) is 0.900. The summed E-state index contributed by atoms with van der Waals surface area (Å²) in [6.45, 7) is 1.71. The normalized spacial score (nSPS) is 16.9. The number of hydrogen-bond donors (Lipinski definition) is 3. The predicted molar refractivity (Wildman–Crippen MR) is 74.3 cm³/mol. The van der Waals surface area contributed by atoms with Crippen LogP contribution in [-0.4, -0.2) is 61.6 Å². The van der Waals surface area contributed by atoms with E-state index in [1.165, 1.54) is 11.8 Å². The predicted octanol–water partition coefficient (Wildman–Crippen LogP) is -1.02. The molecule has 4 N–H and O–H groups in total. The highest BCUT2D eigenvalue weighted by Crippen LogP contribution is 2.09. The van der Waals surface area contributed by atoms with Crippen LogP contribution in [-0.2, 0) is 14.6 Å². The monoisotopic (exact) mass is 298 g/mol. The topological polar surface area (TPSA) is 109 Å². The van der Waals surface area contributed by atoms with Crippen LogP contribution in [0.1, 0.15) is 13.3 Å². The molecule has 6 nitrogen and oxygen atoms in total. The van der Waals surface area contributed by atoms with E-state index in [9.17, 15) is 18.3 Å². The van der Waals surface area contributed by atoms with Crippen LogP contribution in [0.25, 0.3) is 0 Å². The summed E-state index contributed by atoms with van der Waals surface area (Å²) >= 11 is 1.47. The highest BCUT2D eigenvalue weighted by atomic mass is 32.2. The van der Waals surface area contributed by atoms with Gasteiger partial charge in [0.15, 0.2) is 0 Å². The standard InChI is InChI=1S/C10H22N2O4S2/c1-10(14,7-17-2)6-12-9(13)8(11)4-5-18(3,15)16/h8,14H,4-7,11H2,1-3H3,(H,12,13). The highest BCUT2D eigenvalue weighted by molar-refractivity contribution is 7.98. The molecule has 0 spiro atoms. The molecule has 0 aromatic rings. The van der Waals surface area contributed by atoms with E-state index in [1.54, 1.807) is 6.92 Å². The van der Waals surface area contributed by atoms with Crippen LogP contribution in [0.2, 0.25) is 0 Å². The van der Waals surface area contributed by atoms with Crippen molar-refractivity contribution in [3.63, 3.8) is 0 Å². The molecule has 0 aliphatic carbocycles. The Balaban J connectivity index is 4.09. The summed E-state index contributed by atoms with van der Waals surface area (Å²) in [7, 11) is -3.12. The Morgan fingerprint density at radius 3 is 2.56 bits per heavy atom. The molecular weight excluding hydrogens is 276 g/mol. The summed E-state index contributed by atoms with van der Waals surface area (Å²) in [5.74, 6) is -0.0747. The lowest BCUT2D eigenvalue weighted by Crippen LogP contribution is -2.48. The van der Waals surface area contributed by atoms with Crippen LogP contribution >= 0.6 is 11.8 Å². The average Bonchev–Trinajstić information content (AvgIpc) is 2.21. The van der Waals surface area contributed by atoms with Gasteiger partial charge in [0, 0.05) is 18.6 Å². The maximum atomic E-state index is 11.6. The molecule has 0 aromatic heterocycles. The van der Waals surface area contributed by atoms with Gasteiger partial charge in [-0.25, -0.2) is 8.42 Å². The van der Waals surface area contributed by atoms with Crippen molar-refractivity contribution in [1.82, 2.24) is 5.32 Å². The molecular formula is C10H22N2O4S2. The quantitative estimate of drug-likeness (QED) is 0.529. The van der Waals surface area contributed by atoms with Gasteiger partial charge in [-0.2, -0.15) is 11.8 Å². The Morgan fingerprint density at radius 1 is 1.56 bits per heavy atom. The van der Waals surface area contributed by atoms with Crippen molar-refractivity contribution in [1.29, 1.82) is 0 Å². The van der Waals surface area contributed by atoms with E-state index in [0.717, 1.165) is 6.26 Å². The first-order valence-corrected chi connectivity index (χ1v) is 8.95. The summed E-state index contributed by atoms with van der Waals surface area (Å²) in [6.07, 6.45) is 3.03. The molecule has 1 amide bonds. The van der Waals surface area contributed by atoms with Gasteiger partial charge in [0.05, 0.1) is 17.4 Å². The van der Waals surface area contributed by atoms with E-state index in [4.69, 9.17) is 5.73 Å². The fourth-order valence-corrected chi connectivity index (χ4v) is 2.65. The van der Waals surface area contributed by atoms with Crippen molar-refractivity contribution in [3.8, 4) is 0 Å². The second kappa shape index (κ2) is 7.32. The number of aliphatic hydroxyl groups is 1. The smallest absolute Gasteiger partial charge is 0.237 e.